The van der Waals surface area contributed by atoms with E-state index in [1.807, 2.05) is 69.3 Å². The molecular weight excluding hydrogens is 386 g/mol. The van der Waals surface area contributed by atoms with E-state index >= 15 is 0 Å². The van der Waals surface area contributed by atoms with Crippen LogP contribution in [0.25, 0.3) is 0 Å². The number of carbonyl (C=O) groups excluding carboxylic acids is 2. The van der Waals surface area contributed by atoms with E-state index in [1.54, 1.807) is 0 Å². The van der Waals surface area contributed by atoms with Gasteiger partial charge in [-0.15, -0.1) is 0 Å². The Balaban J connectivity index is 1.75. The molecule has 2 aromatic rings. The smallest absolute Gasteiger partial charge is 0.336 e. The number of dihydropyridines is 1. The van der Waals surface area contributed by atoms with E-state index in [0.29, 0.717) is 24.2 Å². The molecule has 4 nitrogen and oxygen atoms in total. The van der Waals surface area contributed by atoms with Gasteiger partial charge in [-0.2, -0.15) is 0 Å². The Hall–Kier alpha value is -3.14. The summed E-state index contributed by atoms with van der Waals surface area (Å²) in [7, 11) is 0. The predicted molar refractivity (Wildman–Crippen MR) is 121 cm³/mol. The van der Waals surface area contributed by atoms with Crippen molar-refractivity contribution < 1.29 is 14.3 Å². The molecule has 2 aromatic carbocycles. The summed E-state index contributed by atoms with van der Waals surface area (Å²) in [6.45, 7) is 6.28. The lowest BCUT2D eigenvalue weighted by Gasteiger charge is -2.36. The Labute approximate surface area is 184 Å². The highest BCUT2D eigenvalue weighted by molar-refractivity contribution is 6.04. The van der Waals surface area contributed by atoms with E-state index in [0.717, 1.165) is 23.4 Å². The van der Waals surface area contributed by atoms with E-state index < -0.39 is 5.92 Å². The number of Topliss-reactive ketones (excluding diaryl/α,β-unsaturated/α-hetero) is 1. The van der Waals surface area contributed by atoms with Crippen LogP contribution in [0.1, 0.15) is 56.6 Å². The molecule has 1 aliphatic carbocycles. The Kier molecular flexibility index (Phi) is 6.08. The third kappa shape index (κ3) is 4.34. The number of benzene rings is 2. The summed E-state index contributed by atoms with van der Waals surface area (Å²) in [4.78, 5) is 26.6. The van der Waals surface area contributed by atoms with Crippen molar-refractivity contribution >= 4 is 11.8 Å². The van der Waals surface area contributed by atoms with Crippen molar-refractivity contribution in [1.29, 1.82) is 0 Å². The summed E-state index contributed by atoms with van der Waals surface area (Å²) in [6.07, 6.45) is 1.20. The molecule has 0 amide bonds. The average Bonchev–Trinajstić information content (AvgIpc) is 2.77. The zero-order chi connectivity index (χ0) is 22.0. The molecule has 31 heavy (non-hydrogen) atoms. The second-order valence-electron chi connectivity index (χ2n) is 8.83. The highest BCUT2D eigenvalue weighted by Gasteiger charge is 2.41. The standard InChI is InChI=1S/C27H29NO3/c1-17(2)16-31-27(30)24-18(3)28-22-14-21(19-10-6-4-7-11-19)15-23(29)26(22)25(24)20-12-8-5-9-13-20/h4-13,17,21,25,28H,14-16H2,1-3H3. The van der Waals surface area contributed by atoms with Crippen LogP contribution in [0.15, 0.2) is 83.2 Å². The molecule has 2 unspecified atom stereocenters. The quantitative estimate of drug-likeness (QED) is 0.678. The molecule has 0 saturated carbocycles. The maximum atomic E-state index is 13.5. The van der Waals surface area contributed by atoms with Crippen LogP contribution < -0.4 is 5.32 Å². The van der Waals surface area contributed by atoms with Crippen molar-refractivity contribution in [2.45, 2.75) is 45.4 Å². The first-order chi connectivity index (χ1) is 15.0. The Morgan fingerprint density at radius 1 is 1.00 bits per heavy atom. The van der Waals surface area contributed by atoms with Crippen molar-refractivity contribution in [3.63, 3.8) is 0 Å². The molecule has 1 aliphatic heterocycles. The molecule has 160 valence electrons. The number of nitrogens with one attached hydrogen (secondary N) is 1. The maximum Gasteiger partial charge on any atom is 0.336 e. The van der Waals surface area contributed by atoms with Crippen molar-refractivity contribution in [1.82, 2.24) is 5.32 Å². The Morgan fingerprint density at radius 3 is 2.23 bits per heavy atom. The molecule has 0 radical (unpaired) electrons. The van der Waals surface area contributed by atoms with Crippen molar-refractivity contribution in [2.24, 2.45) is 5.92 Å². The molecule has 0 fully saturated rings. The first kappa shape index (κ1) is 21.1. The fourth-order valence-electron chi connectivity index (χ4n) is 4.57. The normalized spacial score (nSPS) is 21.1. The van der Waals surface area contributed by atoms with Crippen LogP contribution in [-0.2, 0) is 14.3 Å². The Morgan fingerprint density at radius 2 is 1.61 bits per heavy atom. The molecular formula is C27H29NO3. The molecule has 4 rings (SSSR count). The largest absolute Gasteiger partial charge is 0.462 e. The van der Waals surface area contributed by atoms with Crippen LogP contribution in [0, 0.1) is 5.92 Å². The molecule has 0 saturated heterocycles. The van der Waals surface area contributed by atoms with E-state index in [9.17, 15) is 9.59 Å². The fourth-order valence-corrected chi connectivity index (χ4v) is 4.57. The summed E-state index contributed by atoms with van der Waals surface area (Å²) in [5.41, 5.74) is 5.06. The number of ketones is 1. The van der Waals surface area contributed by atoms with E-state index in [1.165, 1.54) is 5.56 Å². The number of ether oxygens (including phenoxy) is 1. The van der Waals surface area contributed by atoms with Gasteiger partial charge in [-0.1, -0.05) is 74.5 Å². The minimum atomic E-state index is -0.402. The summed E-state index contributed by atoms with van der Waals surface area (Å²) in [5.74, 6) is -0.274. The second-order valence-corrected chi connectivity index (χ2v) is 8.83. The van der Waals surface area contributed by atoms with Gasteiger partial charge in [0.2, 0.25) is 0 Å². The van der Waals surface area contributed by atoms with E-state index in [4.69, 9.17) is 4.74 Å². The monoisotopic (exact) mass is 415 g/mol. The van der Waals surface area contributed by atoms with Gasteiger partial charge in [0.1, 0.15) is 0 Å². The molecule has 1 heterocycles. The van der Waals surface area contributed by atoms with Crippen molar-refractivity contribution in [2.75, 3.05) is 6.61 Å². The molecule has 4 heteroatoms. The van der Waals surface area contributed by atoms with Gasteiger partial charge in [0.05, 0.1) is 12.2 Å². The zero-order valence-electron chi connectivity index (χ0n) is 18.4. The molecule has 2 atom stereocenters. The van der Waals surface area contributed by atoms with Crippen LogP contribution in [-0.4, -0.2) is 18.4 Å². The number of hydrogen-bond donors (Lipinski definition) is 1. The van der Waals surface area contributed by atoms with Gasteiger partial charge >= 0.3 is 5.97 Å². The second kappa shape index (κ2) is 8.93. The van der Waals surface area contributed by atoms with Gasteiger partial charge in [-0.05, 0) is 36.3 Å². The lowest BCUT2D eigenvalue weighted by molar-refractivity contribution is -0.140. The fraction of sp³-hybridized carbons (Fsp3) is 0.333. The predicted octanol–water partition coefficient (Wildman–Crippen LogP) is 5.25. The molecule has 1 N–H and O–H groups in total. The van der Waals surface area contributed by atoms with Crippen molar-refractivity contribution in [3.05, 3.63) is 94.3 Å². The van der Waals surface area contributed by atoms with Crippen LogP contribution in [0.3, 0.4) is 0 Å². The molecule has 0 bridgehead atoms. The third-order valence-electron chi connectivity index (χ3n) is 6.00. The number of rotatable bonds is 5. The number of esters is 1. The first-order valence-corrected chi connectivity index (χ1v) is 11.0. The third-order valence-corrected chi connectivity index (χ3v) is 6.00. The van der Waals surface area contributed by atoms with Crippen molar-refractivity contribution in [3.8, 4) is 0 Å². The maximum absolute atomic E-state index is 13.5. The van der Waals surface area contributed by atoms with Gasteiger partial charge in [0, 0.05) is 29.3 Å². The zero-order valence-corrected chi connectivity index (χ0v) is 18.4. The SMILES string of the molecule is CC1=C(C(=O)OCC(C)C)C(c2ccccc2)C2=C(CC(c3ccccc3)CC2=O)N1. The number of carbonyl (C=O) groups is 2. The van der Waals surface area contributed by atoms with Crippen LogP contribution in [0.5, 0.6) is 0 Å². The molecule has 0 spiro atoms. The van der Waals surface area contributed by atoms with Gasteiger partial charge in [-0.25, -0.2) is 4.79 Å². The number of hydrogen-bond acceptors (Lipinski definition) is 4. The van der Waals surface area contributed by atoms with Crippen LogP contribution in [0.4, 0.5) is 0 Å². The molecule has 0 aromatic heterocycles. The first-order valence-electron chi connectivity index (χ1n) is 11.0. The van der Waals surface area contributed by atoms with Gasteiger partial charge in [0.25, 0.3) is 0 Å². The minimum Gasteiger partial charge on any atom is -0.462 e. The molecule has 2 aliphatic rings. The summed E-state index contributed by atoms with van der Waals surface area (Å²) in [6, 6.07) is 20.0. The van der Waals surface area contributed by atoms with Gasteiger partial charge in [0.15, 0.2) is 5.78 Å². The Bertz CT molecular complexity index is 1030. The number of allylic oxidation sites excluding steroid dienone is 3. The lowest BCUT2D eigenvalue weighted by Crippen LogP contribution is -2.36. The van der Waals surface area contributed by atoms with Gasteiger partial charge < -0.3 is 10.1 Å². The van der Waals surface area contributed by atoms with E-state index in [-0.39, 0.29) is 23.6 Å². The summed E-state index contributed by atoms with van der Waals surface area (Å²) < 4.78 is 5.60. The highest BCUT2D eigenvalue weighted by Crippen LogP contribution is 2.45. The van der Waals surface area contributed by atoms with Crippen LogP contribution >= 0.6 is 0 Å². The summed E-state index contributed by atoms with van der Waals surface area (Å²) >= 11 is 0. The van der Waals surface area contributed by atoms with Crippen LogP contribution in [0.2, 0.25) is 0 Å². The summed E-state index contributed by atoms with van der Waals surface area (Å²) in [5, 5.41) is 3.40. The van der Waals surface area contributed by atoms with E-state index in [2.05, 4.69) is 17.4 Å². The minimum absolute atomic E-state index is 0.0955. The lowest BCUT2D eigenvalue weighted by atomic mass is 9.72. The topological polar surface area (TPSA) is 55.4 Å². The van der Waals surface area contributed by atoms with Gasteiger partial charge in [-0.3, -0.25) is 4.79 Å². The highest BCUT2D eigenvalue weighted by atomic mass is 16.5. The average molecular weight is 416 g/mol.